The molecule has 0 bridgehead atoms. The normalized spacial score (nSPS) is 9.24. The van der Waals surface area contributed by atoms with Crippen molar-refractivity contribution in [3.8, 4) is 5.40 Å². The van der Waals surface area contributed by atoms with Crippen molar-refractivity contribution in [2.75, 3.05) is 10.6 Å². The van der Waals surface area contributed by atoms with Crippen molar-refractivity contribution in [3.63, 3.8) is 0 Å². The second-order valence-corrected chi connectivity index (χ2v) is 6.36. The van der Waals surface area contributed by atoms with Gasteiger partial charge >= 0.3 is 0 Å². The predicted octanol–water partition coefficient (Wildman–Crippen LogP) is 4.68. The lowest BCUT2D eigenvalue weighted by Crippen LogP contribution is -2.37. The Labute approximate surface area is 165 Å². The number of nitriles is 1. The Hall–Kier alpha value is -2.34. The third kappa shape index (κ3) is 6.58. The molecule has 0 radical (unpaired) electrons. The SMILES string of the molecule is N#CSc1ccc(NC(=S)NC(=S)Nc2ccc(N=C=S)cc2)cc1. The maximum Gasteiger partial charge on any atom is 0.177 e. The lowest BCUT2D eigenvalue weighted by Gasteiger charge is -2.13. The third-order valence-corrected chi connectivity index (χ3v) is 3.90. The molecule has 2 aromatic rings. The van der Waals surface area contributed by atoms with Gasteiger partial charge in [0.05, 0.1) is 10.8 Å². The van der Waals surface area contributed by atoms with Crippen molar-refractivity contribution in [1.29, 1.82) is 5.26 Å². The van der Waals surface area contributed by atoms with E-state index in [4.69, 9.17) is 29.7 Å². The fourth-order valence-corrected chi connectivity index (χ4v) is 2.75. The van der Waals surface area contributed by atoms with Gasteiger partial charge in [-0.2, -0.15) is 10.3 Å². The Bertz CT molecular complexity index is 850. The van der Waals surface area contributed by atoms with Gasteiger partial charge < -0.3 is 16.0 Å². The van der Waals surface area contributed by atoms with Crippen LogP contribution in [0.25, 0.3) is 0 Å². The Kier molecular flexibility index (Phi) is 7.47. The third-order valence-electron chi connectivity index (χ3n) is 2.80. The van der Waals surface area contributed by atoms with Crippen molar-refractivity contribution in [1.82, 2.24) is 5.32 Å². The van der Waals surface area contributed by atoms with Crippen LogP contribution in [0.5, 0.6) is 0 Å². The van der Waals surface area contributed by atoms with Gasteiger partial charge in [0.2, 0.25) is 0 Å². The average molecular weight is 402 g/mol. The molecule has 2 aromatic carbocycles. The van der Waals surface area contributed by atoms with Crippen LogP contribution in [0.15, 0.2) is 58.4 Å². The molecule has 0 fully saturated rings. The molecule has 5 nitrogen and oxygen atoms in total. The molecule has 0 aliphatic heterocycles. The lowest BCUT2D eigenvalue weighted by molar-refractivity contribution is 1.38. The van der Waals surface area contributed by atoms with Crippen molar-refractivity contribution in [2.45, 2.75) is 4.90 Å². The summed E-state index contributed by atoms with van der Waals surface area (Å²) in [6.45, 7) is 0. The molecule has 25 heavy (non-hydrogen) atoms. The zero-order chi connectivity index (χ0) is 18.1. The fraction of sp³-hybridized carbons (Fsp3) is 0. The second-order valence-electron chi connectivity index (χ2n) is 4.50. The van der Waals surface area contributed by atoms with Crippen LogP contribution in [0.3, 0.4) is 0 Å². The highest BCUT2D eigenvalue weighted by molar-refractivity contribution is 8.03. The molecule has 0 unspecified atom stereocenters. The van der Waals surface area contributed by atoms with E-state index in [0.29, 0.717) is 10.2 Å². The minimum Gasteiger partial charge on any atom is -0.332 e. The molecule has 0 spiro atoms. The lowest BCUT2D eigenvalue weighted by atomic mass is 10.3. The molecule has 0 atom stereocenters. The quantitative estimate of drug-likeness (QED) is 0.295. The number of isothiocyanates is 1. The first kappa shape index (κ1) is 19.0. The molecule has 2 rings (SSSR count). The van der Waals surface area contributed by atoms with Gasteiger partial charge in [0.1, 0.15) is 5.40 Å². The summed E-state index contributed by atoms with van der Waals surface area (Å²) >= 11 is 16.1. The number of thioether (sulfide) groups is 1. The number of hydrogen-bond acceptors (Lipinski definition) is 6. The van der Waals surface area contributed by atoms with Crippen molar-refractivity contribution in [2.24, 2.45) is 4.99 Å². The fourth-order valence-electron chi connectivity index (χ4n) is 1.76. The number of thiocyanates is 1. The predicted molar refractivity (Wildman–Crippen MR) is 115 cm³/mol. The molecule has 0 aliphatic rings. The highest BCUT2D eigenvalue weighted by atomic mass is 32.2. The van der Waals surface area contributed by atoms with Gasteiger partial charge in [0.25, 0.3) is 0 Å². The molecule has 0 amide bonds. The first-order chi connectivity index (χ1) is 12.1. The van der Waals surface area contributed by atoms with Gasteiger partial charge in [0, 0.05) is 16.3 Å². The molecule has 3 N–H and O–H groups in total. The van der Waals surface area contributed by atoms with Crippen molar-refractivity contribution in [3.05, 3.63) is 48.5 Å². The molecule has 9 heteroatoms. The second kappa shape index (κ2) is 9.84. The number of hydrogen-bond donors (Lipinski definition) is 3. The first-order valence-corrected chi connectivity index (χ1v) is 8.88. The zero-order valence-corrected chi connectivity index (χ0v) is 15.9. The summed E-state index contributed by atoms with van der Waals surface area (Å²) in [6, 6.07) is 14.6. The summed E-state index contributed by atoms with van der Waals surface area (Å²) in [5.41, 5.74) is 2.31. The Morgan fingerprint density at radius 1 is 0.920 bits per heavy atom. The smallest absolute Gasteiger partial charge is 0.177 e. The standard InChI is InChI=1S/C16H11N5S4/c17-9-25-14-7-5-13(6-8-14)20-16(24)21-15(23)19-12-3-1-11(2-4-12)18-10-22/h1-8H,(H3,19,20,21,23,24). The summed E-state index contributed by atoms with van der Waals surface area (Å²) in [5.74, 6) is 0. The van der Waals surface area contributed by atoms with Crippen molar-refractivity contribution < 1.29 is 0 Å². The van der Waals surface area contributed by atoms with Crippen LogP contribution in [-0.2, 0) is 0 Å². The molecule has 0 aromatic heterocycles. The molecule has 0 heterocycles. The van der Waals surface area contributed by atoms with Gasteiger partial charge in [-0.05, 0) is 96.9 Å². The first-order valence-electron chi connectivity index (χ1n) is 6.83. The topological polar surface area (TPSA) is 72.2 Å². The van der Waals surface area contributed by atoms with Gasteiger partial charge in [-0.15, -0.1) is 0 Å². The number of nitrogens with zero attached hydrogens (tertiary/aromatic N) is 2. The van der Waals surface area contributed by atoms with E-state index in [-0.39, 0.29) is 0 Å². The van der Waals surface area contributed by atoms with Crippen LogP contribution in [0.1, 0.15) is 0 Å². The summed E-state index contributed by atoms with van der Waals surface area (Å²) in [6.07, 6.45) is 0. The number of benzene rings is 2. The van der Waals surface area contributed by atoms with Gasteiger partial charge in [0.15, 0.2) is 10.2 Å². The largest absolute Gasteiger partial charge is 0.332 e. The Morgan fingerprint density at radius 3 is 1.92 bits per heavy atom. The van der Waals surface area contributed by atoms with Gasteiger partial charge in [-0.3, -0.25) is 0 Å². The maximum absolute atomic E-state index is 8.63. The summed E-state index contributed by atoms with van der Waals surface area (Å²) in [7, 11) is 0. The van der Waals surface area contributed by atoms with E-state index in [1.54, 1.807) is 12.1 Å². The van der Waals surface area contributed by atoms with Gasteiger partial charge in [-0.1, -0.05) is 0 Å². The van der Waals surface area contributed by atoms with E-state index >= 15 is 0 Å². The number of nitrogens with one attached hydrogen (secondary N) is 3. The minimum absolute atomic E-state index is 0.361. The molecule has 124 valence electrons. The number of anilines is 2. The minimum atomic E-state index is 0.361. The molecule has 0 saturated carbocycles. The average Bonchev–Trinajstić information content (AvgIpc) is 2.59. The van der Waals surface area contributed by atoms with Crippen LogP contribution in [0, 0.1) is 10.7 Å². The Morgan fingerprint density at radius 2 is 1.44 bits per heavy atom. The highest BCUT2D eigenvalue weighted by Crippen LogP contribution is 2.19. The van der Waals surface area contributed by atoms with Crippen LogP contribution in [-0.4, -0.2) is 15.4 Å². The van der Waals surface area contributed by atoms with Crippen molar-refractivity contribution >= 4 is 80.9 Å². The Balaban J connectivity index is 1.86. The van der Waals surface area contributed by atoms with E-state index in [9.17, 15) is 0 Å². The van der Waals surface area contributed by atoms with E-state index < -0.39 is 0 Å². The maximum atomic E-state index is 8.63. The zero-order valence-electron chi connectivity index (χ0n) is 12.6. The molecular weight excluding hydrogens is 390 g/mol. The van der Waals surface area contributed by atoms with Crippen LogP contribution in [0.4, 0.5) is 17.1 Å². The summed E-state index contributed by atoms with van der Waals surface area (Å²) < 4.78 is 0. The van der Waals surface area contributed by atoms with Crippen LogP contribution >= 0.6 is 48.4 Å². The number of thiocarbonyl (C=S) groups is 3. The van der Waals surface area contributed by atoms with E-state index in [1.807, 2.05) is 41.8 Å². The molecule has 0 aliphatic carbocycles. The van der Waals surface area contributed by atoms with E-state index in [2.05, 4.69) is 38.3 Å². The summed E-state index contributed by atoms with van der Waals surface area (Å²) in [5, 5.41) is 22.6. The van der Waals surface area contributed by atoms with Crippen LogP contribution in [0.2, 0.25) is 0 Å². The summed E-state index contributed by atoms with van der Waals surface area (Å²) in [4.78, 5) is 4.74. The van der Waals surface area contributed by atoms with E-state index in [1.165, 1.54) is 0 Å². The molecule has 0 saturated heterocycles. The number of rotatable bonds is 4. The van der Waals surface area contributed by atoms with Crippen LogP contribution < -0.4 is 16.0 Å². The van der Waals surface area contributed by atoms with Gasteiger partial charge in [-0.25, -0.2) is 0 Å². The molecular formula is C16H11N5S4. The number of aliphatic imine (C=N–C) groups is 1. The van der Waals surface area contributed by atoms with E-state index in [0.717, 1.165) is 33.7 Å². The monoisotopic (exact) mass is 401 g/mol. The highest BCUT2D eigenvalue weighted by Gasteiger charge is 2.03.